The molecule has 2 unspecified atom stereocenters. The highest BCUT2D eigenvalue weighted by Crippen LogP contribution is 2.59. The van der Waals surface area contributed by atoms with Gasteiger partial charge < -0.3 is 18.9 Å². The van der Waals surface area contributed by atoms with Gasteiger partial charge in [0.25, 0.3) is 0 Å². The summed E-state index contributed by atoms with van der Waals surface area (Å²) in [7, 11) is 1.29. The summed E-state index contributed by atoms with van der Waals surface area (Å²) < 4.78 is 21.9. The number of esters is 2. The van der Waals surface area contributed by atoms with Crippen LogP contribution in [0.5, 0.6) is 0 Å². The zero-order valence-electron chi connectivity index (χ0n) is 15.4. The van der Waals surface area contributed by atoms with Crippen molar-refractivity contribution >= 4 is 18.0 Å². The minimum absolute atomic E-state index is 0.0153. The standard InChI is InChI=1S/C20H21NO7/c1-25-18(23)13-9-20-12(7-16(22)28-20)17-14(27-17)8-15(20)21(13)19(24)26-10-11-5-3-2-4-6-11/h2-6,12-15,17H,7-10H2,1H3/t12-,13+,14?,15-,17?,20-/m1/s1. The number of carbonyl (C=O) groups is 3. The maximum absolute atomic E-state index is 13.0. The van der Waals surface area contributed by atoms with Gasteiger partial charge in [0.2, 0.25) is 0 Å². The van der Waals surface area contributed by atoms with E-state index < -0.39 is 29.7 Å². The summed E-state index contributed by atoms with van der Waals surface area (Å²) in [5, 5.41) is 0. The maximum Gasteiger partial charge on any atom is 0.411 e. The highest BCUT2D eigenvalue weighted by Gasteiger charge is 2.74. The molecule has 0 N–H and O–H groups in total. The lowest BCUT2D eigenvalue weighted by Gasteiger charge is -2.39. The van der Waals surface area contributed by atoms with Crippen LogP contribution in [-0.4, -0.2) is 59.9 Å². The molecular formula is C20H21NO7. The van der Waals surface area contributed by atoms with E-state index in [1.54, 1.807) is 0 Å². The number of benzene rings is 1. The Bertz CT molecular complexity index is 827. The van der Waals surface area contributed by atoms with E-state index in [2.05, 4.69) is 0 Å². The van der Waals surface area contributed by atoms with Crippen LogP contribution in [0.1, 0.15) is 24.8 Å². The van der Waals surface area contributed by atoms with Crippen molar-refractivity contribution in [3.63, 3.8) is 0 Å². The van der Waals surface area contributed by atoms with E-state index in [4.69, 9.17) is 18.9 Å². The van der Waals surface area contributed by atoms with Gasteiger partial charge >= 0.3 is 18.0 Å². The van der Waals surface area contributed by atoms with Crippen LogP contribution >= 0.6 is 0 Å². The molecule has 1 spiro atoms. The number of amides is 1. The molecule has 0 bridgehead atoms. The predicted molar refractivity (Wildman–Crippen MR) is 92.9 cm³/mol. The Hall–Kier alpha value is -2.61. The van der Waals surface area contributed by atoms with Gasteiger partial charge in [0.15, 0.2) is 0 Å². The zero-order chi connectivity index (χ0) is 19.5. The molecule has 4 fully saturated rings. The van der Waals surface area contributed by atoms with Crippen LogP contribution in [0.4, 0.5) is 4.79 Å². The van der Waals surface area contributed by atoms with E-state index in [9.17, 15) is 14.4 Å². The van der Waals surface area contributed by atoms with Crippen molar-refractivity contribution in [2.24, 2.45) is 5.92 Å². The molecule has 3 heterocycles. The first-order valence-electron chi connectivity index (χ1n) is 9.47. The Labute approximate surface area is 161 Å². The summed E-state index contributed by atoms with van der Waals surface area (Å²) in [6.45, 7) is 0.0928. The lowest BCUT2D eigenvalue weighted by molar-refractivity contribution is -0.153. The van der Waals surface area contributed by atoms with Gasteiger partial charge in [-0.15, -0.1) is 0 Å². The number of carbonyl (C=O) groups excluding carboxylic acids is 3. The Morgan fingerprint density at radius 3 is 2.82 bits per heavy atom. The first kappa shape index (κ1) is 17.5. The third kappa shape index (κ3) is 2.51. The molecule has 3 saturated heterocycles. The monoisotopic (exact) mass is 387 g/mol. The topological polar surface area (TPSA) is 94.7 Å². The van der Waals surface area contributed by atoms with Gasteiger partial charge in [-0.1, -0.05) is 30.3 Å². The smallest absolute Gasteiger partial charge is 0.411 e. The third-order valence-corrected chi connectivity index (χ3v) is 6.43. The second-order valence-corrected chi connectivity index (χ2v) is 7.82. The summed E-state index contributed by atoms with van der Waals surface area (Å²) in [5.41, 5.74) is -0.0573. The number of rotatable bonds is 3. The third-order valence-electron chi connectivity index (χ3n) is 6.43. The molecule has 0 aromatic heterocycles. The Kier molecular flexibility index (Phi) is 3.87. The largest absolute Gasteiger partial charge is 0.467 e. The van der Waals surface area contributed by atoms with Crippen LogP contribution in [0, 0.1) is 5.92 Å². The average Bonchev–Trinajstić information content (AvgIpc) is 3.29. The van der Waals surface area contributed by atoms with Crippen LogP contribution < -0.4 is 0 Å². The highest BCUT2D eigenvalue weighted by atomic mass is 16.6. The van der Waals surface area contributed by atoms with Gasteiger partial charge in [-0.3, -0.25) is 9.69 Å². The summed E-state index contributed by atoms with van der Waals surface area (Å²) in [5.74, 6) is -0.992. The molecular weight excluding hydrogens is 366 g/mol. The van der Waals surface area contributed by atoms with Gasteiger partial charge in [-0.2, -0.15) is 0 Å². The molecule has 3 aliphatic heterocycles. The minimum Gasteiger partial charge on any atom is -0.467 e. The molecule has 28 heavy (non-hydrogen) atoms. The van der Waals surface area contributed by atoms with E-state index in [1.807, 2.05) is 30.3 Å². The summed E-state index contributed by atoms with van der Waals surface area (Å²) in [4.78, 5) is 39.0. The summed E-state index contributed by atoms with van der Waals surface area (Å²) >= 11 is 0. The fraction of sp³-hybridized carbons (Fsp3) is 0.550. The number of methoxy groups -OCH3 is 1. The normalized spacial score (nSPS) is 37.4. The van der Waals surface area contributed by atoms with E-state index in [0.29, 0.717) is 6.42 Å². The van der Waals surface area contributed by atoms with Crippen molar-refractivity contribution < 1.29 is 33.3 Å². The van der Waals surface area contributed by atoms with Crippen LogP contribution in [0.2, 0.25) is 0 Å². The van der Waals surface area contributed by atoms with Crippen LogP contribution in [0.25, 0.3) is 0 Å². The Morgan fingerprint density at radius 1 is 1.29 bits per heavy atom. The van der Waals surface area contributed by atoms with E-state index in [0.717, 1.165) is 5.56 Å². The lowest BCUT2D eigenvalue weighted by atomic mass is 9.72. The van der Waals surface area contributed by atoms with Gasteiger partial charge in [0.05, 0.1) is 31.8 Å². The van der Waals surface area contributed by atoms with Crippen molar-refractivity contribution in [2.75, 3.05) is 7.11 Å². The number of likely N-dealkylation sites (tertiary alicyclic amines) is 1. The van der Waals surface area contributed by atoms with E-state index >= 15 is 0 Å². The molecule has 5 rings (SSSR count). The number of hydrogen-bond acceptors (Lipinski definition) is 7. The number of hydrogen-bond donors (Lipinski definition) is 0. The Morgan fingerprint density at radius 2 is 2.07 bits per heavy atom. The first-order valence-corrected chi connectivity index (χ1v) is 9.47. The Balaban J connectivity index is 1.43. The summed E-state index contributed by atoms with van der Waals surface area (Å²) in [6.07, 6.45) is 0.316. The van der Waals surface area contributed by atoms with Gasteiger partial charge in [-0.25, -0.2) is 9.59 Å². The summed E-state index contributed by atoms with van der Waals surface area (Å²) in [6, 6.07) is 8.01. The fourth-order valence-electron chi connectivity index (χ4n) is 5.19. The molecule has 1 amide bonds. The SMILES string of the molecule is COC(=O)[C@@H]1C[C@@]23OC(=O)C[C@@H]2C2OC2C[C@H]3N1C(=O)OCc1ccccc1. The first-order chi connectivity index (χ1) is 13.5. The van der Waals surface area contributed by atoms with Crippen molar-refractivity contribution in [1.29, 1.82) is 0 Å². The number of nitrogens with zero attached hydrogens (tertiary/aromatic N) is 1. The van der Waals surface area contributed by atoms with Crippen LogP contribution in [-0.2, 0) is 35.1 Å². The maximum atomic E-state index is 13.0. The van der Waals surface area contributed by atoms with Gasteiger partial charge in [-0.05, 0) is 5.56 Å². The van der Waals surface area contributed by atoms with Crippen molar-refractivity contribution in [3.05, 3.63) is 35.9 Å². The number of epoxide rings is 1. The molecule has 8 nitrogen and oxygen atoms in total. The number of fused-ring (bicyclic) bond motifs is 2. The van der Waals surface area contributed by atoms with Crippen LogP contribution in [0.3, 0.4) is 0 Å². The molecule has 6 atom stereocenters. The average molecular weight is 387 g/mol. The van der Waals surface area contributed by atoms with Gasteiger partial charge in [0.1, 0.15) is 18.2 Å². The molecule has 148 valence electrons. The zero-order valence-corrected chi connectivity index (χ0v) is 15.4. The molecule has 1 saturated carbocycles. The van der Waals surface area contributed by atoms with Crippen molar-refractivity contribution in [1.82, 2.24) is 4.90 Å². The van der Waals surface area contributed by atoms with Crippen molar-refractivity contribution in [2.45, 2.75) is 55.8 Å². The highest BCUT2D eigenvalue weighted by molar-refractivity contribution is 5.84. The second kappa shape index (κ2) is 6.20. The van der Waals surface area contributed by atoms with Gasteiger partial charge in [0, 0.05) is 18.8 Å². The minimum atomic E-state index is -0.903. The molecule has 1 aromatic carbocycles. The van der Waals surface area contributed by atoms with E-state index in [-0.39, 0.29) is 43.5 Å². The lowest BCUT2D eigenvalue weighted by Crippen LogP contribution is -2.55. The quantitative estimate of drug-likeness (QED) is 0.440. The fourth-order valence-corrected chi connectivity index (χ4v) is 5.19. The molecule has 8 heteroatoms. The molecule has 1 aliphatic carbocycles. The molecule has 0 radical (unpaired) electrons. The second-order valence-electron chi connectivity index (χ2n) is 7.82. The molecule has 1 aromatic rings. The predicted octanol–water partition coefficient (Wildman–Crippen LogP) is 1.41. The molecule has 4 aliphatic rings. The van der Waals surface area contributed by atoms with E-state index in [1.165, 1.54) is 12.0 Å². The number of ether oxygens (including phenoxy) is 4. The van der Waals surface area contributed by atoms with Crippen LogP contribution in [0.15, 0.2) is 30.3 Å². The van der Waals surface area contributed by atoms with Crippen molar-refractivity contribution in [3.8, 4) is 0 Å².